The predicted molar refractivity (Wildman–Crippen MR) is 114 cm³/mol. The maximum Gasteiger partial charge on any atom is 0.277 e. The Bertz CT molecular complexity index is 1280. The summed E-state index contributed by atoms with van der Waals surface area (Å²) in [6.45, 7) is 0. The molecular weight excluding hydrogens is 467 g/mol. The van der Waals surface area contributed by atoms with Gasteiger partial charge in [0.2, 0.25) is 0 Å². The summed E-state index contributed by atoms with van der Waals surface area (Å²) in [6.07, 6.45) is 3.45. The van der Waals surface area contributed by atoms with Crippen LogP contribution in [-0.2, 0) is 9.84 Å². The van der Waals surface area contributed by atoms with E-state index >= 15 is 0 Å². The van der Waals surface area contributed by atoms with E-state index < -0.39 is 21.7 Å². The molecule has 1 heterocycles. The molecule has 0 unspecified atom stereocenters. The van der Waals surface area contributed by atoms with Crippen LogP contribution in [0, 0.1) is 0 Å². The molecule has 0 aliphatic rings. The summed E-state index contributed by atoms with van der Waals surface area (Å²) in [5.41, 5.74) is 2.34. The Kier molecular flexibility index (Phi) is 6.56. The summed E-state index contributed by atoms with van der Waals surface area (Å²) in [5, 5.41) is 11.6. The van der Waals surface area contributed by atoms with Crippen LogP contribution in [0.3, 0.4) is 0 Å². The number of rotatable bonds is 5. The summed E-state index contributed by atoms with van der Waals surface area (Å²) in [5.74, 6) is -1.14. The molecule has 0 aliphatic heterocycles. The Morgan fingerprint density at radius 1 is 0.968 bits per heavy atom. The molecule has 0 fully saturated rings. The van der Waals surface area contributed by atoms with Gasteiger partial charge in [-0.2, -0.15) is 0 Å². The molecule has 0 atom stereocenters. The first-order chi connectivity index (χ1) is 14.6. The molecule has 1 aromatic heterocycles. The van der Waals surface area contributed by atoms with Gasteiger partial charge in [-0.25, -0.2) is 23.9 Å². The van der Waals surface area contributed by atoms with Crippen molar-refractivity contribution in [1.29, 1.82) is 0 Å². The molecule has 3 rings (SSSR count). The van der Waals surface area contributed by atoms with Crippen molar-refractivity contribution in [1.82, 2.24) is 15.4 Å². The molecular formula is C19H14Cl2N4O5S. The Hall–Kier alpha value is -3.05. The number of hydroxylamine groups is 1. The average molecular weight is 481 g/mol. The lowest BCUT2D eigenvalue weighted by Gasteiger charge is -2.10. The normalized spacial score (nSPS) is 11.1. The van der Waals surface area contributed by atoms with E-state index in [1.165, 1.54) is 48.2 Å². The first-order valence-electron chi connectivity index (χ1n) is 8.47. The fourth-order valence-corrected chi connectivity index (χ4v) is 3.71. The number of hydrogen-bond donors (Lipinski definition) is 3. The largest absolute Gasteiger partial charge is 0.322 e. The van der Waals surface area contributed by atoms with Crippen LogP contribution in [0.2, 0.25) is 10.0 Å². The molecule has 0 saturated carbocycles. The van der Waals surface area contributed by atoms with Crippen molar-refractivity contribution in [3.8, 4) is 11.4 Å². The second kappa shape index (κ2) is 8.98. The van der Waals surface area contributed by atoms with Crippen molar-refractivity contribution in [2.24, 2.45) is 0 Å². The van der Waals surface area contributed by atoms with E-state index in [0.29, 0.717) is 16.3 Å². The topological polar surface area (TPSA) is 138 Å². The van der Waals surface area contributed by atoms with E-state index in [2.05, 4.69) is 15.3 Å². The number of nitrogens with zero attached hydrogens (tertiary/aromatic N) is 2. The van der Waals surface area contributed by atoms with Crippen LogP contribution >= 0.6 is 23.2 Å². The lowest BCUT2D eigenvalue weighted by Crippen LogP contribution is -2.19. The van der Waals surface area contributed by atoms with E-state index in [0.717, 1.165) is 6.26 Å². The summed E-state index contributed by atoms with van der Waals surface area (Å²) in [7, 11) is -3.46. The minimum absolute atomic E-state index is 0.00157. The van der Waals surface area contributed by atoms with Crippen LogP contribution in [0.1, 0.15) is 20.7 Å². The Morgan fingerprint density at radius 3 is 2.23 bits per heavy atom. The zero-order valence-corrected chi connectivity index (χ0v) is 18.1. The quantitative estimate of drug-likeness (QED) is 0.376. The zero-order chi connectivity index (χ0) is 22.8. The summed E-state index contributed by atoms with van der Waals surface area (Å²) >= 11 is 12.3. The number of aromatic nitrogens is 2. The number of carbonyl (C=O) groups excluding carboxylic acids is 2. The van der Waals surface area contributed by atoms with Crippen molar-refractivity contribution in [2.75, 3.05) is 11.6 Å². The Labute approximate surface area is 186 Å². The van der Waals surface area contributed by atoms with Crippen molar-refractivity contribution < 1.29 is 23.2 Å². The number of sulfone groups is 1. The van der Waals surface area contributed by atoms with Crippen LogP contribution < -0.4 is 10.8 Å². The summed E-state index contributed by atoms with van der Waals surface area (Å²) in [6, 6.07) is 8.42. The summed E-state index contributed by atoms with van der Waals surface area (Å²) < 4.78 is 23.2. The highest BCUT2D eigenvalue weighted by molar-refractivity contribution is 7.90. The van der Waals surface area contributed by atoms with Gasteiger partial charge >= 0.3 is 0 Å². The van der Waals surface area contributed by atoms with Gasteiger partial charge in [-0.15, -0.1) is 0 Å². The van der Waals surface area contributed by atoms with Crippen molar-refractivity contribution in [3.05, 3.63) is 70.0 Å². The maximum atomic E-state index is 12.6. The van der Waals surface area contributed by atoms with Crippen LogP contribution in [0.5, 0.6) is 0 Å². The van der Waals surface area contributed by atoms with Crippen molar-refractivity contribution in [2.45, 2.75) is 4.90 Å². The molecule has 2 amide bonds. The van der Waals surface area contributed by atoms with Gasteiger partial charge in [0, 0.05) is 29.9 Å². The first kappa shape index (κ1) is 22.6. The molecule has 31 heavy (non-hydrogen) atoms. The number of anilines is 1. The Morgan fingerprint density at radius 2 is 1.65 bits per heavy atom. The molecule has 0 bridgehead atoms. The molecule has 0 aliphatic carbocycles. The molecule has 160 valence electrons. The minimum atomic E-state index is -3.46. The molecule has 9 nitrogen and oxygen atoms in total. The molecule has 3 aromatic rings. The number of hydrogen-bond acceptors (Lipinski definition) is 7. The monoisotopic (exact) mass is 480 g/mol. The average Bonchev–Trinajstić information content (AvgIpc) is 2.73. The molecule has 0 radical (unpaired) electrons. The molecule has 12 heteroatoms. The van der Waals surface area contributed by atoms with Crippen LogP contribution in [0.25, 0.3) is 11.4 Å². The lowest BCUT2D eigenvalue weighted by atomic mass is 10.1. The zero-order valence-electron chi connectivity index (χ0n) is 15.8. The fourth-order valence-electron chi connectivity index (χ4n) is 2.53. The molecule has 3 N–H and O–H groups in total. The smallest absolute Gasteiger partial charge is 0.277 e. The second-order valence-electron chi connectivity index (χ2n) is 6.30. The van der Waals surface area contributed by atoms with Gasteiger partial charge in [0.1, 0.15) is 0 Å². The maximum absolute atomic E-state index is 12.6. The van der Waals surface area contributed by atoms with E-state index in [1.54, 1.807) is 6.07 Å². The van der Waals surface area contributed by atoms with Gasteiger partial charge in [0.15, 0.2) is 15.7 Å². The Balaban J connectivity index is 1.87. The fraction of sp³-hybridized carbons (Fsp3) is 0.0526. The van der Waals surface area contributed by atoms with Gasteiger partial charge in [0.05, 0.1) is 26.1 Å². The molecule has 0 saturated heterocycles. The minimum Gasteiger partial charge on any atom is -0.322 e. The lowest BCUT2D eigenvalue weighted by molar-refractivity contribution is 0.0705. The second-order valence-corrected chi connectivity index (χ2v) is 9.13. The number of halogens is 2. The molecule has 0 spiro atoms. The van der Waals surface area contributed by atoms with E-state index in [-0.39, 0.29) is 26.9 Å². The predicted octanol–water partition coefficient (Wildman–Crippen LogP) is 3.23. The summed E-state index contributed by atoms with van der Waals surface area (Å²) in [4.78, 5) is 32.1. The number of amides is 2. The highest BCUT2D eigenvalue weighted by atomic mass is 35.5. The van der Waals surface area contributed by atoms with Crippen LogP contribution in [0.15, 0.2) is 53.7 Å². The third-order valence-electron chi connectivity index (χ3n) is 4.09. The number of nitrogens with one attached hydrogen (secondary N) is 2. The van der Waals surface area contributed by atoms with E-state index in [1.807, 2.05) is 0 Å². The third-order valence-corrected chi connectivity index (χ3v) is 5.85. The first-order valence-corrected chi connectivity index (χ1v) is 11.1. The van der Waals surface area contributed by atoms with Gasteiger partial charge in [-0.1, -0.05) is 23.2 Å². The number of carbonyl (C=O) groups is 2. The SMILES string of the molecule is CS(=O)(=O)c1ccc(C(=O)Nc2ccc(Cl)c(-c3ncc(C(=O)NO)cn3)c2)c(Cl)c1. The van der Waals surface area contributed by atoms with Crippen LogP contribution in [-0.4, -0.2) is 41.7 Å². The standard InChI is InChI=1S/C19H14Cl2N4O5S/c1-31(29,30)12-3-4-13(16(21)7-12)19(27)24-11-2-5-15(20)14(6-11)17-22-8-10(9-23-17)18(26)25-28/h2-9,28H,1H3,(H,24,27)(H,25,26). The van der Waals surface area contributed by atoms with E-state index in [4.69, 9.17) is 28.4 Å². The third kappa shape index (κ3) is 5.17. The van der Waals surface area contributed by atoms with Crippen molar-refractivity contribution in [3.63, 3.8) is 0 Å². The van der Waals surface area contributed by atoms with Gasteiger partial charge in [-0.3, -0.25) is 14.8 Å². The molecule has 2 aromatic carbocycles. The van der Waals surface area contributed by atoms with E-state index in [9.17, 15) is 18.0 Å². The highest BCUT2D eigenvalue weighted by Crippen LogP contribution is 2.29. The van der Waals surface area contributed by atoms with Gasteiger partial charge in [-0.05, 0) is 36.4 Å². The van der Waals surface area contributed by atoms with Crippen LogP contribution in [0.4, 0.5) is 5.69 Å². The van der Waals surface area contributed by atoms with Gasteiger partial charge in [0.25, 0.3) is 11.8 Å². The highest BCUT2D eigenvalue weighted by Gasteiger charge is 2.16. The van der Waals surface area contributed by atoms with Gasteiger partial charge < -0.3 is 5.32 Å². The van der Waals surface area contributed by atoms with Crippen molar-refractivity contribution >= 4 is 50.5 Å². The number of benzene rings is 2.